The van der Waals surface area contributed by atoms with Crippen LogP contribution in [0.1, 0.15) is 0 Å². The van der Waals surface area contributed by atoms with Crippen LogP contribution in [0.3, 0.4) is 0 Å². The Morgan fingerprint density at radius 2 is 1.48 bits per heavy atom. The minimum atomic E-state index is -2.37. The standard InChI is InChI=1S/C11H2ClF5N2O2/c12-3-1-4(19(20)21)11(18-2-3)5-6(13)8(15)10(17)9(16)7(5)14/h1-2H. The lowest BCUT2D eigenvalue weighted by Gasteiger charge is -2.08. The monoisotopic (exact) mass is 324 g/mol. The van der Waals surface area contributed by atoms with Crippen molar-refractivity contribution in [3.05, 3.63) is 56.5 Å². The van der Waals surface area contributed by atoms with Gasteiger partial charge >= 0.3 is 0 Å². The van der Waals surface area contributed by atoms with Gasteiger partial charge in [-0.2, -0.15) is 0 Å². The zero-order chi connectivity index (χ0) is 15.9. The van der Waals surface area contributed by atoms with E-state index in [-0.39, 0.29) is 5.02 Å². The van der Waals surface area contributed by atoms with Crippen LogP contribution < -0.4 is 0 Å². The molecule has 0 saturated heterocycles. The molecule has 2 rings (SSSR count). The Morgan fingerprint density at radius 1 is 1.00 bits per heavy atom. The molecule has 2 aromatic rings. The van der Waals surface area contributed by atoms with Crippen LogP contribution in [0.25, 0.3) is 11.3 Å². The fourth-order valence-electron chi connectivity index (χ4n) is 1.57. The molecule has 0 atom stereocenters. The van der Waals surface area contributed by atoms with Crippen molar-refractivity contribution in [2.45, 2.75) is 0 Å². The van der Waals surface area contributed by atoms with E-state index >= 15 is 0 Å². The highest BCUT2D eigenvalue weighted by molar-refractivity contribution is 6.30. The van der Waals surface area contributed by atoms with Crippen molar-refractivity contribution in [2.24, 2.45) is 0 Å². The van der Waals surface area contributed by atoms with E-state index in [2.05, 4.69) is 4.98 Å². The number of hydrogen-bond donors (Lipinski definition) is 0. The van der Waals surface area contributed by atoms with Crippen molar-refractivity contribution in [1.82, 2.24) is 4.98 Å². The van der Waals surface area contributed by atoms with Crippen LogP contribution in [0.4, 0.5) is 27.6 Å². The second kappa shape index (κ2) is 5.24. The maximum absolute atomic E-state index is 13.6. The summed E-state index contributed by atoms with van der Waals surface area (Å²) in [6.07, 6.45) is 0.780. The summed E-state index contributed by atoms with van der Waals surface area (Å²) < 4.78 is 66.4. The van der Waals surface area contributed by atoms with E-state index < -0.39 is 51.0 Å². The minimum absolute atomic E-state index is 0.241. The smallest absolute Gasteiger partial charge is 0.258 e. The maximum atomic E-state index is 13.6. The van der Waals surface area contributed by atoms with Gasteiger partial charge in [0, 0.05) is 12.3 Å². The molecular weight excluding hydrogens is 323 g/mol. The van der Waals surface area contributed by atoms with E-state index in [1.54, 1.807) is 0 Å². The SMILES string of the molecule is O=[N+]([O-])c1cc(Cl)cnc1-c1c(F)c(F)c(F)c(F)c1F. The third-order valence-corrected chi connectivity index (χ3v) is 2.68. The Morgan fingerprint density at radius 3 is 1.95 bits per heavy atom. The van der Waals surface area contributed by atoms with Crippen LogP contribution >= 0.6 is 11.6 Å². The molecule has 0 saturated carbocycles. The quantitative estimate of drug-likeness (QED) is 0.276. The summed E-state index contributed by atoms with van der Waals surface area (Å²) in [6.45, 7) is 0. The summed E-state index contributed by atoms with van der Waals surface area (Å²) in [7, 11) is 0. The van der Waals surface area contributed by atoms with Crippen LogP contribution in [0.15, 0.2) is 12.3 Å². The van der Waals surface area contributed by atoms with Crippen molar-refractivity contribution in [3.63, 3.8) is 0 Å². The van der Waals surface area contributed by atoms with Gasteiger partial charge in [-0.25, -0.2) is 26.9 Å². The van der Waals surface area contributed by atoms with Gasteiger partial charge < -0.3 is 0 Å². The lowest BCUT2D eigenvalue weighted by atomic mass is 10.1. The third kappa shape index (κ3) is 2.40. The summed E-state index contributed by atoms with van der Waals surface area (Å²) >= 11 is 5.45. The number of halogens is 6. The molecule has 0 spiro atoms. The highest BCUT2D eigenvalue weighted by Crippen LogP contribution is 2.36. The van der Waals surface area contributed by atoms with Crippen molar-refractivity contribution in [1.29, 1.82) is 0 Å². The lowest BCUT2D eigenvalue weighted by Crippen LogP contribution is -2.06. The molecule has 10 heteroatoms. The van der Waals surface area contributed by atoms with Gasteiger partial charge in [-0.3, -0.25) is 10.1 Å². The van der Waals surface area contributed by atoms with Crippen molar-refractivity contribution in [2.75, 3.05) is 0 Å². The number of nitro groups is 1. The summed E-state index contributed by atoms with van der Waals surface area (Å²) in [6, 6.07) is 0.682. The molecule has 0 aliphatic carbocycles. The largest absolute Gasteiger partial charge is 0.297 e. The normalized spacial score (nSPS) is 10.8. The fraction of sp³-hybridized carbons (Fsp3) is 0. The number of pyridine rings is 1. The van der Waals surface area contributed by atoms with E-state index in [4.69, 9.17) is 11.6 Å². The van der Waals surface area contributed by atoms with E-state index in [1.165, 1.54) is 0 Å². The summed E-state index contributed by atoms with van der Waals surface area (Å²) in [4.78, 5) is 13.0. The first-order valence-corrected chi connectivity index (χ1v) is 5.45. The molecule has 21 heavy (non-hydrogen) atoms. The first-order valence-electron chi connectivity index (χ1n) is 5.07. The zero-order valence-electron chi connectivity index (χ0n) is 9.63. The fourth-order valence-corrected chi connectivity index (χ4v) is 1.73. The summed E-state index contributed by atoms with van der Waals surface area (Å²) in [5, 5.41) is 10.6. The zero-order valence-corrected chi connectivity index (χ0v) is 10.4. The van der Waals surface area contributed by atoms with Gasteiger partial charge in [-0.15, -0.1) is 0 Å². The molecule has 0 unspecified atom stereocenters. The van der Waals surface area contributed by atoms with Gasteiger partial charge in [0.25, 0.3) is 5.69 Å². The molecule has 110 valence electrons. The summed E-state index contributed by atoms with van der Waals surface area (Å²) in [5.41, 5.74) is -3.50. The minimum Gasteiger partial charge on any atom is -0.258 e. The van der Waals surface area contributed by atoms with Crippen LogP contribution in [0.2, 0.25) is 5.02 Å². The molecule has 0 aliphatic rings. The van der Waals surface area contributed by atoms with E-state index in [0.717, 1.165) is 6.20 Å². The molecule has 1 aromatic carbocycles. The predicted octanol–water partition coefficient (Wildman–Crippen LogP) is 4.01. The number of hydrogen-bond acceptors (Lipinski definition) is 3. The van der Waals surface area contributed by atoms with Crippen molar-refractivity contribution < 1.29 is 26.9 Å². The highest BCUT2D eigenvalue weighted by Gasteiger charge is 2.31. The molecule has 0 aliphatic heterocycles. The average Bonchev–Trinajstić information content (AvgIpc) is 2.44. The molecule has 0 amide bonds. The molecule has 1 heterocycles. The lowest BCUT2D eigenvalue weighted by molar-refractivity contribution is -0.384. The van der Waals surface area contributed by atoms with Gasteiger partial charge in [-0.05, 0) is 0 Å². The first kappa shape index (κ1) is 15.1. The van der Waals surface area contributed by atoms with Crippen LogP contribution in [0, 0.1) is 39.2 Å². The van der Waals surface area contributed by atoms with Crippen LogP contribution in [-0.4, -0.2) is 9.91 Å². The Labute approximate surface area is 117 Å². The highest BCUT2D eigenvalue weighted by atomic mass is 35.5. The number of benzene rings is 1. The van der Waals surface area contributed by atoms with Crippen molar-refractivity contribution in [3.8, 4) is 11.3 Å². The summed E-state index contributed by atoms with van der Waals surface area (Å²) in [5.74, 6) is -11.3. The topological polar surface area (TPSA) is 56.0 Å². The first-order chi connectivity index (χ1) is 9.75. The molecule has 0 N–H and O–H groups in total. The van der Waals surface area contributed by atoms with Gasteiger partial charge in [0.15, 0.2) is 29.0 Å². The Bertz CT molecular complexity index is 740. The molecule has 0 fully saturated rings. The molecular formula is C11H2ClF5N2O2. The number of nitrogens with zero attached hydrogens (tertiary/aromatic N) is 2. The van der Waals surface area contributed by atoms with E-state index in [0.29, 0.717) is 6.07 Å². The Balaban J connectivity index is 2.89. The molecule has 4 nitrogen and oxygen atoms in total. The average molecular weight is 325 g/mol. The second-order valence-corrected chi connectivity index (χ2v) is 4.16. The Hall–Kier alpha value is -2.29. The van der Waals surface area contributed by atoms with Gasteiger partial charge in [-0.1, -0.05) is 11.6 Å². The molecule has 1 aromatic heterocycles. The predicted molar refractivity (Wildman–Crippen MR) is 61.1 cm³/mol. The molecule has 0 radical (unpaired) electrons. The van der Waals surface area contributed by atoms with Gasteiger partial charge in [0.2, 0.25) is 5.82 Å². The van der Waals surface area contributed by atoms with Crippen LogP contribution in [0.5, 0.6) is 0 Å². The maximum Gasteiger partial charge on any atom is 0.297 e. The van der Waals surface area contributed by atoms with E-state index in [9.17, 15) is 32.1 Å². The second-order valence-electron chi connectivity index (χ2n) is 3.72. The number of rotatable bonds is 2. The molecule has 0 bridgehead atoms. The van der Waals surface area contributed by atoms with Gasteiger partial charge in [0.05, 0.1) is 15.5 Å². The third-order valence-electron chi connectivity index (χ3n) is 2.48. The van der Waals surface area contributed by atoms with Crippen LogP contribution in [-0.2, 0) is 0 Å². The van der Waals surface area contributed by atoms with E-state index in [1.807, 2.05) is 0 Å². The van der Waals surface area contributed by atoms with Crippen molar-refractivity contribution >= 4 is 17.3 Å². The number of aromatic nitrogens is 1. The van der Waals surface area contributed by atoms with Gasteiger partial charge in [0.1, 0.15) is 0 Å². The Kier molecular flexibility index (Phi) is 3.77.